The molecule has 0 aromatic rings. The molecule has 2 aliphatic carbocycles. The summed E-state index contributed by atoms with van der Waals surface area (Å²) in [6, 6.07) is 1.40. The fourth-order valence-corrected chi connectivity index (χ4v) is 3.78. The van der Waals surface area contributed by atoms with Gasteiger partial charge in [-0.3, -0.25) is 4.90 Å². The van der Waals surface area contributed by atoms with Gasteiger partial charge in [-0.25, -0.2) is 0 Å². The van der Waals surface area contributed by atoms with Gasteiger partial charge in [0.25, 0.3) is 0 Å². The maximum absolute atomic E-state index is 9.97. The fourth-order valence-electron chi connectivity index (χ4n) is 3.78. The highest BCUT2D eigenvalue weighted by Crippen LogP contribution is 2.34. The molecule has 0 aromatic heterocycles. The first-order valence-corrected chi connectivity index (χ1v) is 8.27. The van der Waals surface area contributed by atoms with Gasteiger partial charge in [0.15, 0.2) is 0 Å². The number of piperidine rings is 1. The molecular weight excluding hydrogens is 236 g/mol. The molecule has 2 N–H and O–H groups in total. The van der Waals surface area contributed by atoms with Crippen molar-refractivity contribution < 1.29 is 5.11 Å². The predicted molar refractivity (Wildman–Crippen MR) is 78.1 cm³/mol. The van der Waals surface area contributed by atoms with Crippen LogP contribution < -0.4 is 5.32 Å². The summed E-state index contributed by atoms with van der Waals surface area (Å²) in [5, 5.41) is 13.7. The molecule has 0 bridgehead atoms. The summed E-state index contributed by atoms with van der Waals surface area (Å²) >= 11 is 0. The Hall–Kier alpha value is -0.120. The highest BCUT2D eigenvalue weighted by molar-refractivity contribution is 4.93. The maximum Gasteiger partial charge on any atom is 0.0553 e. The molecular formula is C16H30N2O. The van der Waals surface area contributed by atoms with Gasteiger partial charge in [-0.15, -0.1) is 0 Å². The van der Waals surface area contributed by atoms with E-state index in [1.165, 1.54) is 38.8 Å². The molecule has 0 aromatic carbocycles. The first kappa shape index (κ1) is 13.8. The van der Waals surface area contributed by atoms with Crippen molar-refractivity contribution in [1.29, 1.82) is 0 Å². The lowest BCUT2D eigenvalue weighted by Crippen LogP contribution is -2.57. The van der Waals surface area contributed by atoms with E-state index >= 15 is 0 Å². The highest BCUT2D eigenvalue weighted by Gasteiger charge is 2.37. The topological polar surface area (TPSA) is 35.5 Å². The van der Waals surface area contributed by atoms with Crippen molar-refractivity contribution in [3.8, 4) is 0 Å². The van der Waals surface area contributed by atoms with E-state index in [4.69, 9.17) is 0 Å². The Morgan fingerprint density at radius 1 is 1.21 bits per heavy atom. The summed E-state index contributed by atoms with van der Waals surface area (Å²) in [7, 11) is 0. The van der Waals surface area contributed by atoms with Crippen molar-refractivity contribution in [3.63, 3.8) is 0 Å². The predicted octanol–water partition coefficient (Wildman–Crippen LogP) is 1.86. The van der Waals surface area contributed by atoms with Crippen LogP contribution in [0.5, 0.6) is 0 Å². The summed E-state index contributed by atoms with van der Waals surface area (Å²) in [5.41, 5.74) is 0. The van der Waals surface area contributed by atoms with Gasteiger partial charge >= 0.3 is 0 Å². The molecule has 3 atom stereocenters. The molecule has 19 heavy (non-hydrogen) atoms. The fraction of sp³-hybridized carbons (Fsp3) is 1.00. The molecule has 1 aliphatic heterocycles. The SMILES string of the molecule is CC1CC(N2CC(NCC3CC3)CC(C(C)O)C2)C1. The molecule has 3 heteroatoms. The van der Waals surface area contributed by atoms with Crippen LogP contribution in [0.1, 0.15) is 46.0 Å². The molecule has 3 rings (SSSR count). The number of aliphatic hydroxyl groups is 1. The third-order valence-electron chi connectivity index (χ3n) is 5.45. The van der Waals surface area contributed by atoms with Gasteiger partial charge in [-0.1, -0.05) is 6.92 Å². The number of hydrogen-bond donors (Lipinski definition) is 2. The Kier molecular flexibility index (Phi) is 4.16. The Balaban J connectivity index is 1.54. The molecule has 0 radical (unpaired) electrons. The third kappa shape index (κ3) is 3.50. The van der Waals surface area contributed by atoms with Crippen molar-refractivity contribution in [2.45, 2.75) is 64.1 Å². The molecule has 0 spiro atoms. The van der Waals surface area contributed by atoms with Crippen molar-refractivity contribution >= 4 is 0 Å². The summed E-state index contributed by atoms with van der Waals surface area (Å²) in [6.45, 7) is 7.83. The summed E-state index contributed by atoms with van der Waals surface area (Å²) in [4.78, 5) is 2.66. The van der Waals surface area contributed by atoms with Crippen LogP contribution >= 0.6 is 0 Å². The molecule has 3 unspecified atom stereocenters. The number of hydrogen-bond acceptors (Lipinski definition) is 3. The summed E-state index contributed by atoms with van der Waals surface area (Å²) in [6.07, 6.45) is 6.56. The Bertz CT molecular complexity index is 297. The number of rotatable bonds is 5. The molecule has 1 heterocycles. The second-order valence-electron chi connectivity index (χ2n) is 7.47. The monoisotopic (exact) mass is 266 g/mol. The lowest BCUT2D eigenvalue weighted by molar-refractivity contribution is -0.00295. The van der Waals surface area contributed by atoms with Gasteiger partial charge in [-0.05, 0) is 63.3 Å². The minimum Gasteiger partial charge on any atom is -0.393 e. The van der Waals surface area contributed by atoms with E-state index in [1.807, 2.05) is 6.92 Å². The Morgan fingerprint density at radius 2 is 1.95 bits per heavy atom. The van der Waals surface area contributed by atoms with E-state index in [1.54, 1.807) is 0 Å². The van der Waals surface area contributed by atoms with Gasteiger partial charge in [-0.2, -0.15) is 0 Å². The van der Waals surface area contributed by atoms with E-state index in [0.717, 1.165) is 30.8 Å². The zero-order chi connectivity index (χ0) is 13.4. The summed E-state index contributed by atoms with van der Waals surface area (Å²) < 4.78 is 0. The number of nitrogens with one attached hydrogen (secondary N) is 1. The lowest BCUT2D eigenvalue weighted by atomic mass is 9.78. The van der Waals surface area contributed by atoms with E-state index in [-0.39, 0.29) is 6.10 Å². The van der Waals surface area contributed by atoms with Gasteiger partial charge in [0, 0.05) is 25.2 Å². The third-order valence-corrected chi connectivity index (χ3v) is 5.45. The zero-order valence-electron chi connectivity index (χ0n) is 12.5. The molecule has 0 amide bonds. The van der Waals surface area contributed by atoms with Crippen molar-refractivity contribution in [1.82, 2.24) is 10.2 Å². The van der Waals surface area contributed by atoms with Crippen molar-refractivity contribution in [2.75, 3.05) is 19.6 Å². The van der Waals surface area contributed by atoms with Crippen LogP contribution in [0.15, 0.2) is 0 Å². The second-order valence-corrected chi connectivity index (χ2v) is 7.47. The lowest BCUT2D eigenvalue weighted by Gasteiger charge is -2.48. The number of aliphatic hydroxyl groups excluding tert-OH is 1. The molecule has 3 fully saturated rings. The first-order valence-electron chi connectivity index (χ1n) is 8.27. The smallest absolute Gasteiger partial charge is 0.0553 e. The molecule has 1 saturated heterocycles. The summed E-state index contributed by atoms with van der Waals surface area (Å²) in [5.74, 6) is 2.32. The molecule has 2 saturated carbocycles. The standard InChI is InChI=1S/C16H30N2O/c1-11-5-16(6-11)18-9-14(12(2)19)7-15(10-18)17-8-13-3-4-13/h11-17,19H,3-10H2,1-2H3. The largest absolute Gasteiger partial charge is 0.393 e. The average Bonchev–Trinajstić information content (AvgIpc) is 3.16. The molecule has 3 aliphatic rings. The van der Waals surface area contributed by atoms with Crippen LogP contribution in [-0.2, 0) is 0 Å². The van der Waals surface area contributed by atoms with E-state index in [0.29, 0.717) is 12.0 Å². The van der Waals surface area contributed by atoms with Gasteiger partial charge in [0.05, 0.1) is 6.10 Å². The highest BCUT2D eigenvalue weighted by atomic mass is 16.3. The van der Waals surface area contributed by atoms with E-state index in [2.05, 4.69) is 17.1 Å². The van der Waals surface area contributed by atoms with Gasteiger partial charge in [0.2, 0.25) is 0 Å². The van der Waals surface area contributed by atoms with Crippen LogP contribution in [-0.4, -0.2) is 47.8 Å². The molecule has 110 valence electrons. The van der Waals surface area contributed by atoms with E-state index in [9.17, 15) is 5.11 Å². The normalized spacial score (nSPS) is 41.8. The average molecular weight is 266 g/mol. The van der Waals surface area contributed by atoms with Crippen LogP contribution in [0, 0.1) is 17.8 Å². The van der Waals surface area contributed by atoms with Gasteiger partial charge < -0.3 is 10.4 Å². The van der Waals surface area contributed by atoms with Crippen molar-refractivity contribution in [2.24, 2.45) is 17.8 Å². The number of likely N-dealkylation sites (tertiary alicyclic amines) is 1. The van der Waals surface area contributed by atoms with Gasteiger partial charge in [0.1, 0.15) is 0 Å². The maximum atomic E-state index is 9.97. The van der Waals surface area contributed by atoms with Crippen LogP contribution in [0.2, 0.25) is 0 Å². The van der Waals surface area contributed by atoms with Crippen LogP contribution in [0.4, 0.5) is 0 Å². The first-order chi connectivity index (χ1) is 9.11. The zero-order valence-corrected chi connectivity index (χ0v) is 12.5. The second kappa shape index (κ2) is 5.71. The Morgan fingerprint density at radius 3 is 2.53 bits per heavy atom. The minimum absolute atomic E-state index is 0.162. The quantitative estimate of drug-likeness (QED) is 0.797. The van der Waals surface area contributed by atoms with Crippen LogP contribution in [0.25, 0.3) is 0 Å². The molecule has 3 nitrogen and oxygen atoms in total. The Labute approximate surface area is 117 Å². The van der Waals surface area contributed by atoms with Crippen LogP contribution in [0.3, 0.4) is 0 Å². The minimum atomic E-state index is -0.162. The number of nitrogens with zero attached hydrogens (tertiary/aromatic N) is 1. The van der Waals surface area contributed by atoms with E-state index < -0.39 is 0 Å². The van der Waals surface area contributed by atoms with Crippen molar-refractivity contribution in [3.05, 3.63) is 0 Å².